The van der Waals surface area contributed by atoms with Crippen LogP contribution in [0.5, 0.6) is 0 Å². The van der Waals surface area contributed by atoms with Crippen LogP contribution in [0.4, 0.5) is 0 Å². The average molecular weight is 275 g/mol. The van der Waals surface area contributed by atoms with Crippen LogP contribution >= 0.6 is 23.8 Å². The van der Waals surface area contributed by atoms with E-state index in [2.05, 4.69) is 29.5 Å². The second-order valence-corrected chi connectivity index (χ2v) is 3.95. The largest absolute Gasteiger partial charge is 0.529 e. The Kier molecular flexibility index (Phi) is 5.24. The molecule has 0 spiro atoms. The van der Waals surface area contributed by atoms with Gasteiger partial charge in [0.05, 0.1) is 0 Å². The van der Waals surface area contributed by atoms with Crippen LogP contribution in [-0.4, -0.2) is 25.3 Å². The number of carboxylic acids is 1. The number of hydrogen-bond acceptors (Lipinski definition) is 5. The van der Waals surface area contributed by atoms with Gasteiger partial charge in [-0.15, -0.1) is 0 Å². The number of rotatable bonds is 5. The van der Waals surface area contributed by atoms with Crippen molar-refractivity contribution in [2.75, 3.05) is 14.2 Å². The van der Waals surface area contributed by atoms with Crippen LogP contribution in [0.25, 0.3) is 0 Å². The monoisotopic (exact) mass is 274 g/mol. The molecule has 0 saturated carbocycles. The molecule has 0 aromatic heterocycles. The molecule has 0 aliphatic heterocycles. The molecular weight excluding hydrogens is 267 g/mol. The molecule has 0 aliphatic rings. The van der Waals surface area contributed by atoms with Crippen molar-refractivity contribution in [2.45, 2.75) is 0 Å². The normalized spacial score (nSPS) is 12.7. The summed E-state index contributed by atoms with van der Waals surface area (Å²) in [5.41, 5.74) is 0. The molecule has 0 unspecified atom stereocenters. The van der Waals surface area contributed by atoms with Crippen molar-refractivity contribution >= 4 is 29.7 Å². The van der Waals surface area contributed by atoms with E-state index in [0.717, 1.165) is 19.2 Å². The Labute approximate surface area is 83.2 Å². The van der Waals surface area contributed by atoms with Crippen molar-refractivity contribution in [3.63, 3.8) is 0 Å². The van der Waals surface area contributed by atoms with E-state index in [0.29, 0.717) is 0 Å². The van der Waals surface area contributed by atoms with Crippen LogP contribution in [0.3, 0.4) is 0 Å². The van der Waals surface area contributed by atoms with E-state index in [-0.39, 0.29) is 0 Å². The van der Waals surface area contributed by atoms with Crippen molar-refractivity contribution in [3.8, 4) is 0 Å². The van der Waals surface area contributed by atoms with Gasteiger partial charge in [-0.2, -0.15) is 0 Å². The highest BCUT2D eigenvalue weighted by atomic mass is 79.9. The Morgan fingerprint density at radius 1 is 1.46 bits per heavy atom. The van der Waals surface area contributed by atoms with Gasteiger partial charge in [0.15, 0.2) is 0 Å². The molecule has 0 aromatic carbocycles. The number of phosphoric acid groups is 1. The number of carboxylic acid groups (broad SMARTS) is 1. The Hall–Kier alpha value is -0.360. The van der Waals surface area contributed by atoms with E-state index in [1.54, 1.807) is 0 Å². The summed E-state index contributed by atoms with van der Waals surface area (Å²) < 4.78 is 24.4. The lowest BCUT2D eigenvalue weighted by molar-refractivity contribution is -0.135. The van der Waals surface area contributed by atoms with E-state index in [1.165, 1.54) is 0 Å². The first kappa shape index (κ1) is 12.6. The summed E-state index contributed by atoms with van der Waals surface area (Å²) in [7, 11) is -1.62. The molecule has 6 nitrogen and oxygen atoms in total. The first-order valence-electron chi connectivity index (χ1n) is 2.94. The summed E-state index contributed by atoms with van der Waals surface area (Å²) >= 11 is 2.73. The molecule has 0 amide bonds. The third-order valence-electron chi connectivity index (χ3n) is 0.967. The number of halogens is 1. The van der Waals surface area contributed by atoms with Crippen molar-refractivity contribution in [1.29, 1.82) is 0 Å². The summed E-state index contributed by atoms with van der Waals surface area (Å²) in [5.74, 6) is -1.95. The molecule has 0 aliphatic carbocycles. The highest BCUT2D eigenvalue weighted by molar-refractivity contribution is 9.11. The summed E-state index contributed by atoms with van der Waals surface area (Å²) in [6, 6.07) is 0. The molecule has 0 bridgehead atoms. The Bertz CT molecular complexity index is 254. The molecule has 0 radical (unpaired) electrons. The minimum atomic E-state index is -3.79. The first-order valence-corrected chi connectivity index (χ1v) is 5.31. The first-order chi connectivity index (χ1) is 5.99. The molecule has 13 heavy (non-hydrogen) atoms. The zero-order valence-electron chi connectivity index (χ0n) is 6.89. The summed E-state index contributed by atoms with van der Waals surface area (Å²) in [6.07, 6.45) is 0. The van der Waals surface area contributed by atoms with E-state index in [4.69, 9.17) is 5.11 Å². The van der Waals surface area contributed by atoms with Gasteiger partial charge < -0.3 is 9.63 Å². The number of hydrogen-bond donors (Lipinski definition) is 1. The van der Waals surface area contributed by atoms with Gasteiger partial charge in [-0.1, -0.05) is 15.9 Å². The lowest BCUT2D eigenvalue weighted by atomic mass is 10.6. The van der Waals surface area contributed by atoms with Crippen molar-refractivity contribution in [2.24, 2.45) is 0 Å². The average Bonchev–Trinajstić information content (AvgIpc) is 2.13. The second-order valence-electron chi connectivity index (χ2n) is 1.68. The highest BCUT2D eigenvalue weighted by Crippen LogP contribution is 2.49. The number of phosphoric ester groups is 1. The second kappa shape index (κ2) is 5.39. The quantitative estimate of drug-likeness (QED) is 0.467. The molecule has 0 fully saturated rings. The zero-order chi connectivity index (χ0) is 10.5. The predicted octanol–water partition coefficient (Wildman–Crippen LogP) is 1.72. The summed E-state index contributed by atoms with van der Waals surface area (Å²) in [5, 5.41) is 8.47. The smallest absolute Gasteiger partial charge is 0.475 e. The van der Waals surface area contributed by atoms with Gasteiger partial charge >= 0.3 is 13.8 Å². The zero-order valence-corrected chi connectivity index (χ0v) is 9.37. The fourth-order valence-electron chi connectivity index (χ4n) is 0.375. The Balaban J connectivity index is 4.58. The highest BCUT2D eigenvalue weighted by Gasteiger charge is 2.28. The van der Waals surface area contributed by atoms with Crippen LogP contribution < -0.4 is 0 Å². The lowest BCUT2D eigenvalue weighted by Gasteiger charge is -2.13. The van der Waals surface area contributed by atoms with Gasteiger partial charge in [-0.05, 0) is 0 Å². The van der Waals surface area contributed by atoms with Gasteiger partial charge in [0, 0.05) is 19.2 Å². The van der Waals surface area contributed by atoms with Crippen LogP contribution in [0.1, 0.15) is 0 Å². The number of carbonyl (C=O) groups is 1. The minimum absolute atomic E-state index is 0.563. The van der Waals surface area contributed by atoms with Crippen molar-refractivity contribution < 1.29 is 28.0 Å². The SMILES string of the molecule is COP(=O)(OC)OC(=CBr)C(=O)O. The van der Waals surface area contributed by atoms with E-state index in [1.807, 2.05) is 0 Å². The van der Waals surface area contributed by atoms with Crippen molar-refractivity contribution in [3.05, 3.63) is 10.7 Å². The third kappa shape index (κ3) is 3.91. The van der Waals surface area contributed by atoms with E-state index < -0.39 is 19.6 Å². The maximum absolute atomic E-state index is 11.2. The molecule has 0 saturated heterocycles. The van der Waals surface area contributed by atoms with Crippen LogP contribution in [0, 0.1) is 0 Å². The predicted molar refractivity (Wildman–Crippen MR) is 47.4 cm³/mol. The molecule has 0 aromatic rings. The van der Waals surface area contributed by atoms with Gasteiger partial charge in [0.25, 0.3) is 0 Å². The molecule has 8 heteroatoms. The van der Waals surface area contributed by atoms with Crippen LogP contribution in [0.2, 0.25) is 0 Å². The standard InChI is InChI=1S/C5H8BrO6P/c1-10-13(9,11-2)12-4(3-6)5(7)8/h3H,1-2H3,(H,7,8). The van der Waals surface area contributed by atoms with Crippen molar-refractivity contribution in [1.82, 2.24) is 0 Å². The maximum Gasteiger partial charge on any atom is 0.529 e. The topological polar surface area (TPSA) is 82.1 Å². The Morgan fingerprint density at radius 3 is 2.15 bits per heavy atom. The summed E-state index contributed by atoms with van der Waals surface area (Å²) in [4.78, 5) is 11.3. The molecule has 1 N–H and O–H groups in total. The molecule has 0 heterocycles. The third-order valence-corrected chi connectivity index (χ3v) is 2.70. The molecule has 76 valence electrons. The minimum Gasteiger partial charge on any atom is -0.475 e. The fraction of sp³-hybridized carbons (Fsp3) is 0.400. The lowest BCUT2D eigenvalue weighted by Crippen LogP contribution is -2.04. The summed E-state index contributed by atoms with van der Waals surface area (Å²) in [6.45, 7) is 0. The molecular formula is C5H8BrO6P. The van der Waals surface area contributed by atoms with Crippen LogP contribution in [0.15, 0.2) is 10.7 Å². The van der Waals surface area contributed by atoms with Gasteiger partial charge in [-0.3, -0.25) is 9.05 Å². The molecule has 0 rings (SSSR count). The fourth-order valence-corrected chi connectivity index (χ4v) is 1.48. The Morgan fingerprint density at radius 2 is 1.92 bits per heavy atom. The van der Waals surface area contributed by atoms with E-state index in [9.17, 15) is 9.36 Å². The van der Waals surface area contributed by atoms with Gasteiger partial charge in [0.1, 0.15) is 0 Å². The van der Waals surface area contributed by atoms with Gasteiger partial charge in [0.2, 0.25) is 5.76 Å². The van der Waals surface area contributed by atoms with Gasteiger partial charge in [-0.25, -0.2) is 9.36 Å². The van der Waals surface area contributed by atoms with Crippen LogP contribution in [-0.2, 0) is 22.9 Å². The van der Waals surface area contributed by atoms with E-state index >= 15 is 0 Å². The number of aliphatic carboxylic acids is 1. The maximum atomic E-state index is 11.2. The molecule has 0 atom stereocenters.